The van der Waals surface area contributed by atoms with Crippen LogP contribution in [0.4, 0.5) is 0 Å². The van der Waals surface area contributed by atoms with Gasteiger partial charge in [0, 0.05) is 38.4 Å². The van der Waals surface area contributed by atoms with E-state index in [0.29, 0.717) is 5.95 Å². The minimum absolute atomic E-state index is 0.699. The van der Waals surface area contributed by atoms with E-state index >= 15 is 0 Å². The molecule has 2 aliphatic rings. The molecule has 0 unspecified atom stereocenters. The molecule has 0 N–H and O–H groups in total. The van der Waals surface area contributed by atoms with Gasteiger partial charge in [0.15, 0.2) is 0 Å². The molecule has 48 heavy (non-hydrogen) atoms. The van der Waals surface area contributed by atoms with Gasteiger partial charge in [0.2, 0.25) is 5.95 Å². The zero-order valence-corrected chi connectivity index (χ0v) is 26.3. The lowest BCUT2D eigenvalue weighted by molar-refractivity contribution is 0.842. The van der Waals surface area contributed by atoms with Crippen molar-refractivity contribution in [3.05, 3.63) is 156 Å². The van der Waals surface area contributed by atoms with Gasteiger partial charge in [-0.05, 0) is 103 Å². The van der Waals surface area contributed by atoms with Crippen LogP contribution in [0, 0.1) is 0 Å². The molecule has 3 heterocycles. The van der Waals surface area contributed by atoms with Crippen LogP contribution in [-0.4, -0.2) is 19.1 Å². The number of fused-ring (bicyclic) bond motifs is 9. The third-order valence-electron chi connectivity index (χ3n) is 10.7. The Morgan fingerprint density at radius 2 is 0.833 bits per heavy atom. The summed E-state index contributed by atoms with van der Waals surface area (Å²) < 4.78 is 4.79. The van der Waals surface area contributed by atoms with E-state index in [4.69, 9.17) is 9.97 Å². The Balaban J connectivity index is 1.29. The maximum Gasteiger partial charge on any atom is 0.235 e. The van der Waals surface area contributed by atoms with Gasteiger partial charge < -0.3 is 4.57 Å². The topological polar surface area (TPSA) is 35.6 Å². The summed E-state index contributed by atoms with van der Waals surface area (Å²) in [4.78, 5) is 10.6. The molecule has 6 aromatic carbocycles. The molecule has 2 aliphatic carbocycles. The lowest BCUT2D eigenvalue weighted by Gasteiger charge is -2.19. The highest BCUT2D eigenvalue weighted by Crippen LogP contribution is 2.45. The molecule has 0 radical (unpaired) electrons. The average molecular weight is 615 g/mol. The van der Waals surface area contributed by atoms with Gasteiger partial charge in [-0.1, -0.05) is 78.9 Å². The summed E-state index contributed by atoms with van der Waals surface area (Å²) in [6.07, 6.45) is 4.55. The first-order valence-electron chi connectivity index (χ1n) is 16.9. The fourth-order valence-corrected chi connectivity index (χ4v) is 8.12. The Kier molecular flexibility index (Phi) is 5.31. The van der Waals surface area contributed by atoms with E-state index in [-0.39, 0.29) is 0 Å². The summed E-state index contributed by atoms with van der Waals surface area (Å²) in [5.74, 6) is 0.699. The summed E-state index contributed by atoms with van der Waals surface area (Å²) in [6.45, 7) is 0. The van der Waals surface area contributed by atoms with Gasteiger partial charge in [0.1, 0.15) is 0 Å². The first-order valence-corrected chi connectivity index (χ1v) is 16.9. The molecule has 3 aromatic heterocycles. The molecule has 0 saturated heterocycles. The predicted octanol–water partition coefficient (Wildman–Crippen LogP) is 10.2. The molecule has 0 fully saturated rings. The number of nitrogens with zero attached hydrogens (tertiary/aromatic N) is 4. The van der Waals surface area contributed by atoms with Crippen LogP contribution in [0.1, 0.15) is 22.3 Å². The lowest BCUT2D eigenvalue weighted by atomic mass is 9.86. The lowest BCUT2D eigenvalue weighted by Crippen LogP contribution is -2.09. The van der Waals surface area contributed by atoms with E-state index in [2.05, 4.69) is 143 Å². The van der Waals surface area contributed by atoms with E-state index < -0.39 is 0 Å². The highest BCUT2D eigenvalue weighted by atomic mass is 15.2. The van der Waals surface area contributed by atoms with Crippen LogP contribution >= 0.6 is 0 Å². The Hall–Kier alpha value is -6.00. The molecule has 0 aliphatic heterocycles. The minimum Gasteiger partial charge on any atom is -0.309 e. The van der Waals surface area contributed by atoms with Crippen molar-refractivity contribution < 1.29 is 0 Å². The van der Waals surface area contributed by atoms with E-state index in [0.717, 1.165) is 53.7 Å². The van der Waals surface area contributed by atoms with Crippen molar-refractivity contribution in [2.75, 3.05) is 0 Å². The second-order valence-corrected chi connectivity index (χ2v) is 13.3. The Morgan fingerprint density at radius 1 is 0.396 bits per heavy atom. The van der Waals surface area contributed by atoms with E-state index in [9.17, 15) is 0 Å². The van der Waals surface area contributed by atoms with Crippen molar-refractivity contribution in [3.8, 4) is 34.2 Å². The minimum atomic E-state index is 0.699. The van der Waals surface area contributed by atoms with E-state index in [1.807, 2.05) is 0 Å². The van der Waals surface area contributed by atoms with Crippen molar-refractivity contribution in [1.82, 2.24) is 19.1 Å². The maximum absolute atomic E-state index is 5.32. The predicted molar refractivity (Wildman–Crippen MR) is 196 cm³/mol. The van der Waals surface area contributed by atoms with Gasteiger partial charge in [-0.15, -0.1) is 0 Å². The molecular weight excluding hydrogens is 585 g/mol. The SMILES string of the molecule is c1ccc(-c2cc(-c3ccccc3)nc(-n3c4cc5c(cc4c4c6c7cc8c(cc7n(-c7ccccc7)c6ccc43)CC8)CC5)n2)cc1. The first kappa shape index (κ1) is 26.1. The molecule has 9 aromatic rings. The highest BCUT2D eigenvalue weighted by molar-refractivity contribution is 6.29. The van der Waals surface area contributed by atoms with Gasteiger partial charge in [-0.25, -0.2) is 9.97 Å². The fraction of sp³-hybridized carbons (Fsp3) is 0.0909. The quantitative estimate of drug-likeness (QED) is 0.198. The van der Waals surface area contributed by atoms with Gasteiger partial charge in [0.05, 0.1) is 33.5 Å². The van der Waals surface area contributed by atoms with Crippen LogP contribution in [0.5, 0.6) is 0 Å². The summed E-state index contributed by atoms with van der Waals surface area (Å²) in [5.41, 5.74) is 15.8. The number of aryl methyl sites for hydroxylation is 4. The van der Waals surface area contributed by atoms with Gasteiger partial charge in [0.25, 0.3) is 0 Å². The summed E-state index contributed by atoms with van der Waals surface area (Å²) >= 11 is 0. The fourth-order valence-electron chi connectivity index (χ4n) is 8.12. The third-order valence-corrected chi connectivity index (χ3v) is 10.7. The number of rotatable bonds is 4. The van der Waals surface area contributed by atoms with Crippen molar-refractivity contribution in [3.63, 3.8) is 0 Å². The van der Waals surface area contributed by atoms with Crippen molar-refractivity contribution in [2.24, 2.45) is 0 Å². The molecule has 226 valence electrons. The number of hydrogen-bond donors (Lipinski definition) is 0. The van der Waals surface area contributed by atoms with Gasteiger partial charge in [-0.3, -0.25) is 4.57 Å². The molecule has 0 amide bonds. The van der Waals surface area contributed by atoms with Crippen LogP contribution < -0.4 is 0 Å². The van der Waals surface area contributed by atoms with Crippen LogP contribution in [-0.2, 0) is 25.7 Å². The first-order chi connectivity index (χ1) is 23.8. The highest BCUT2D eigenvalue weighted by Gasteiger charge is 2.26. The Morgan fingerprint density at radius 3 is 1.33 bits per heavy atom. The monoisotopic (exact) mass is 614 g/mol. The zero-order chi connectivity index (χ0) is 31.3. The molecule has 0 saturated carbocycles. The van der Waals surface area contributed by atoms with Crippen LogP contribution in [0.2, 0.25) is 0 Å². The molecule has 0 atom stereocenters. The molecule has 4 heteroatoms. The third kappa shape index (κ3) is 3.66. The van der Waals surface area contributed by atoms with Gasteiger partial charge in [-0.2, -0.15) is 0 Å². The average Bonchev–Trinajstić information content (AvgIpc) is 3.62. The summed E-state index contributed by atoms with van der Waals surface area (Å²) in [5, 5.41) is 5.19. The van der Waals surface area contributed by atoms with Crippen LogP contribution in [0.15, 0.2) is 133 Å². The molecule has 0 spiro atoms. The van der Waals surface area contributed by atoms with Crippen LogP contribution in [0.3, 0.4) is 0 Å². The smallest absolute Gasteiger partial charge is 0.235 e. The van der Waals surface area contributed by atoms with Crippen molar-refractivity contribution >= 4 is 43.6 Å². The molecular formula is C44H30N4. The van der Waals surface area contributed by atoms with Crippen molar-refractivity contribution in [2.45, 2.75) is 25.7 Å². The Bertz CT molecular complexity index is 2700. The zero-order valence-electron chi connectivity index (χ0n) is 26.3. The molecule has 11 rings (SSSR count). The second kappa shape index (κ2) is 9.76. The van der Waals surface area contributed by atoms with Gasteiger partial charge >= 0.3 is 0 Å². The molecule has 4 nitrogen and oxygen atoms in total. The van der Waals surface area contributed by atoms with E-state index in [1.54, 1.807) is 0 Å². The second-order valence-electron chi connectivity index (χ2n) is 13.3. The van der Waals surface area contributed by atoms with Crippen molar-refractivity contribution in [1.29, 1.82) is 0 Å². The summed E-state index contributed by atoms with van der Waals surface area (Å²) in [6, 6.07) is 48.3. The Labute approximate surface area is 277 Å². The molecule has 0 bridgehead atoms. The number of hydrogen-bond acceptors (Lipinski definition) is 2. The largest absolute Gasteiger partial charge is 0.309 e. The van der Waals surface area contributed by atoms with Crippen LogP contribution in [0.25, 0.3) is 77.8 Å². The normalized spacial score (nSPS) is 13.5. The summed E-state index contributed by atoms with van der Waals surface area (Å²) in [7, 11) is 0. The number of para-hydroxylation sites is 1. The number of benzene rings is 6. The van der Waals surface area contributed by atoms with E-state index in [1.165, 1.54) is 66.0 Å². The number of aromatic nitrogens is 4. The maximum atomic E-state index is 5.32. The standard InChI is InChI=1S/C44H30N4/c1-4-10-27(11-5-1)36-26-37(28-12-6-2-7-13-28)46-44(45-36)48-39-21-20-38-42(43(39)35-23-30-17-19-32(30)25-41(35)48)34-22-29-16-18-31(29)24-40(34)47(38)33-14-8-3-9-15-33/h1-15,20-26H,16-19H2.